The lowest BCUT2D eigenvalue weighted by molar-refractivity contribution is -0.136. The Kier molecular flexibility index (Phi) is 3.99. The number of amides is 1. The third kappa shape index (κ3) is 2.08. The first-order valence-electron chi connectivity index (χ1n) is 7.92. The average molecular weight is 301 g/mol. The first kappa shape index (κ1) is 14.6. The van der Waals surface area contributed by atoms with Gasteiger partial charge in [-0.15, -0.1) is 12.4 Å². The molecule has 4 fully saturated rings. The zero-order chi connectivity index (χ0) is 13.0. The highest BCUT2D eigenvalue weighted by Gasteiger charge is 2.54. The van der Waals surface area contributed by atoms with Gasteiger partial charge in [-0.1, -0.05) is 6.42 Å². The van der Waals surface area contributed by atoms with Crippen molar-refractivity contribution in [2.45, 2.75) is 44.3 Å². The standard InChI is InChI=1S/C15H24N2O2.ClH/c16-6-9-2-1-3-10(9)15(18)17-7-11-12(8-17)14-5-4-13(11)19-14;/h9-14H,1-8,16H2;1H/t9-,10-,11?,12?,13?,14?;/m1./s1. The summed E-state index contributed by atoms with van der Waals surface area (Å²) in [5.41, 5.74) is 5.82. The van der Waals surface area contributed by atoms with Gasteiger partial charge >= 0.3 is 0 Å². The molecule has 0 aromatic heterocycles. The van der Waals surface area contributed by atoms with E-state index in [-0.39, 0.29) is 18.3 Å². The molecule has 3 aliphatic heterocycles. The summed E-state index contributed by atoms with van der Waals surface area (Å²) >= 11 is 0. The van der Waals surface area contributed by atoms with Gasteiger partial charge in [-0.05, 0) is 38.1 Å². The van der Waals surface area contributed by atoms with E-state index >= 15 is 0 Å². The first-order valence-corrected chi connectivity index (χ1v) is 7.92. The van der Waals surface area contributed by atoms with E-state index in [2.05, 4.69) is 4.90 Å². The summed E-state index contributed by atoms with van der Waals surface area (Å²) in [6.45, 7) is 2.56. The van der Waals surface area contributed by atoms with Crippen molar-refractivity contribution in [2.75, 3.05) is 19.6 Å². The van der Waals surface area contributed by atoms with Crippen LogP contribution in [0.1, 0.15) is 32.1 Å². The minimum atomic E-state index is 0. The number of hydrogen-bond acceptors (Lipinski definition) is 3. The molecule has 4 nitrogen and oxygen atoms in total. The van der Waals surface area contributed by atoms with Crippen LogP contribution in [0.4, 0.5) is 0 Å². The molecule has 3 saturated heterocycles. The van der Waals surface area contributed by atoms with Crippen LogP contribution in [0, 0.1) is 23.7 Å². The molecular formula is C15H25ClN2O2. The number of rotatable bonds is 2. The van der Waals surface area contributed by atoms with Crippen LogP contribution in [-0.2, 0) is 9.53 Å². The van der Waals surface area contributed by atoms with Crippen LogP contribution in [0.2, 0.25) is 0 Å². The summed E-state index contributed by atoms with van der Waals surface area (Å²) in [6, 6.07) is 0. The second kappa shape index (κ2) is 5.47. The minimum Gasteiger partial charge on any atom is -0.374 e. The molecule has 5 heteroatoms. The van der Waals surface area contributed by atoms with Gasteiger partial charge in [0.1, 0.15) is 0 Å². The number of ether oxygens (including phenoxy) is 1. The molecule has 1 saturated carbocycles. The number of nitrogens with zero attached hydrogens (tertiary/aromatic N) is 1. The zero-order valence-corrected chi connectivity index (χ0v) is 12.7. The van der Waals surface area contributed by atoms with E-state index < -0.39 is 0 Å². The fraction of sp³-hybridized carbons (Fsp3) is 0.933. The summed E-state index contributed by atoms with van der Waals surface area (Å²) in [7, 11) is 0. The fourth-order valence-electron chi connectivity index (χ4n) is 5.02. The van der Waals surface area contributed by atoms with Crippen LogP contribution in [-0.4, -0.2) is 42.6 Å². The van der Waals surface area contributed by atoms with E-state index in [1.807, 2.05) is 0 Å². The maximum Gasteiger partial charge on any atom is 0.226 e. The molecule has 4 rings (SSSR count). The van der Waals surface area contributed by atoms with Gasteiger partial charge in [-0.25, -0.2) is 0 Å². The number of halogens is 1. The van der Waals surface area contributed by atoms with Gasteiger partial charge in [0.25, 0.3) is 0 Å². The summed E-state index contributed by atoms with van der Waals surface area (Å²) in [4.78, 5) is 14.9. The van der Waals surface area contributed by atoms with Crippen molar-refractivity contribution in [3.8, 4) is 0 Å². The van der Waals surface area contributed by atoms with Crippen molar-refractivity contribution in [2.24, 2.45) is 29.4 Å². The van der Waals surface area contributed by atoms with Gasteiger partial charge in [0.05, 0.1) is 12.2 Å². The molecule has 1 amide bonds. The van der Waals surface area contributed by atoms with Crippen molar-refractivity contribution in [3.05, 3.63) is 0 Å². The maximum atomic E-state index is 12.7. The summed E-state index contributed by atoms with van der Waals surface area (Å²) in [5.74, 6) is 2.28. The van der Waals surface area contributed by atoms with Gasteiger partial charge in [0, 0.05) is 30.8 Å². The Hall–Kier alpha value is -0.320. The molecule has 0 aromatic rings. The van der Waals surface area contributed by atoms with Crippen LogP contribution < -0.4 is 5.73 Å². The number of likely N-dealkylation sites (tertiary alicyclic amines) is 1. The van der Waals surface area contributed by atoms with Crippen LogP contribution in [0.3, 0.4) is 0 Å². The van der Waals surface area contributed by atoms with Gasteiger partial charge in [-0.3, -0.25) is 4.79 Å². The highest BCUT2D eigenvalue weighted by molar-refractivity contribution is 5.85. The predicted octanol–water partition coefficient (Wildman–Crippen LogP) is 1.42. The van der Waals surface area contributed by atoms with Crippen molar-refractivity contribution in [1.29, 1.82) is 0 Å². The Balaban J connectivity index is 0.00000121. The molecule has 2 N–H and O–H groups in total. The molecule has 114 valence electrons. The molecule has 4 unspecified atom stereocenters. The van der Waals surface area contributed by atoms with E-state index in [9.17, 15) is 4.79 Å². The molecule has 3 heterocycles. The Bertz CT molecular complexity index is 374. The van der Waals surface area contributed by atoms with E-state index in [1.54, 1.807) is 0 Å². The third-order valence-corrected chi connectivity index (χ3v) is 6.04. The van der Waals surface area contributed by atoms with Crippen molar-refractivity contribution >= 4 is 18.3 Å². The number of hydrogen-bond donors (Lipinski definition) is 1. The number of carbonyl (C=O) groups excluding carboxylic acids is 1. The van der Waals surface area contributed by atoms with Gasteiger partial charge < -0.3 is 15.4 Å². The Labute approximate surface area is 126 Å². The fourth-order valence-corrected chi connectivity index (χ4v) is 5.02. The quantitative estimate of drug-likeness (QED) is 0.839. The molecule has 4 aliphatic rings. The molecule has 2 bridgehead atoms. The Morgan fingerprint density at radius 2 is 1.75 bits per heavy atom. The summed E-state index contributed by atoms with van der Waals surface area (Å²) < 4.78 is 5.98. The second-order valence-electron chi connectivity index (χ2n) is 6.89. The molecule has 6 atom stereocenters. The van der Waals surface area contributed by atoms with Gasteiger partial charge in [-0.2, -0.15) is 0 Å². The summed E-state index contributed by atoms with van der Waals surface area (Å²) in [5, 5.41) is 0. The SMILES string of the molecule is Cl.NC[C@H]1CCC[C@H]1C(=O)N1CC2C3CCC(O3)C2C1. The van der Waals surface area contributed by atoms with Gasteiger partial charge in [0.15, 0.2) is 0 Å². The number of nitrogens with two attached hydrogens (primary N) is 1. The van der Waals surface area contributed by atoms with Crippen molar-refractivity contribution in [1.82, 2.24) is 4.90 Å². The molecule has 0 radical (unpaired) electrons. The van der Waals surface area contributed by atoms with Crippen LogP contribution >= 0.6 is 12.4 Å². The topological polar surface area (TPSA) is 55.6 Å². The maximum absolute atomic E-state index is 12.7. The van der Waals surface area contributed by atoms with E-state index in [4.69, 9.17) is 10.5 Å². The largest absolute Gasteiger partial charge is 0.374 e. The first-order chi connectivity index (χ1) is 9.28. The minimum absolute atomic E-state index is 0. The van der Waals surface area contributed by atoms with Crippen molar-refractivity contribution in [3.63, 3.8) is 0 Å². The molecule has 1 aliphatic carbocycles. The molecular weight excluding hydrogens is 276 g/mol. The van der Waals surface area contributed by atoms with E-state index in [1.165, 1.54) is 19.3 Å². The van der Waals surface area contributed by atoms with Crippen LogP contribution in [0.25, 0.3) is 0 Å². The lowest BCUT2D eigenvalue weighted by Crippen LogP contribution is -2.39. The zero-order valence-electron chi connectivity index (χ0n) is 11.9. The normalized spacial score (nSPS) is 45.5. The lowest BCUT2D eigenvalue weighted by Gasteiger charge is -2.25. The van der Waals surface area contributed by atoms with Crippen molar-refractivity contribution < 1.29 is 9.53 Å². The van der Waals surface area contributed by atoms with Gasteiger partial charge in [0.2, 0.25) is 5.91 Å². The molecule has 0 aromatic carbocycles. The Morgan fingerprint density at radius 1 is 1.10 bits per heavy atom. The molecule has 0 spiro atoms. The Morgan fingerprint density at radius 3 is 2.35 bits per heavy atom. The van der Waals surface area contributed by atoms with Crippen LogP contribution in [0.5, 0.6) is 0 Å². The van der Waals surface area contributed by atoms with E-state index in [0.29, 0.717) is 42.4 Å². The predicted molar refractivity (Wildman–Crippen MR) is 78.6 cm³/mol. The molecule has 20 heavy (non-hydrogen) atoms. The highest BCUT2D eigenvalue weighted by Crippen LogP contribution is 2.47. The lowest BCUT2D eigenvalue weighted by atomic mass is 9.82. The number of carbonyl (C=O) groups is 1. The second-order valence-corrected chi connectivity index (χ2v) is 6.89. The highest BCUT2D eigenvalue weighted by atomic mass is 35.5. The van der Waals surface area contributed by atoms with Crippen LogP contribution in [0.15, 0.2) is 0 Å². The summed E-state index contributed by atoms with van der Waals surface area (Å²) in [6.07, 6.45) is 6.68. The average Bonchev–Trinajstić information content (AvgIpc) is 3.16. The third-order valence-electron chi connectivity index (χ3n) is 6.04. The monoisotopic (exact) mass is 300 g/mol. The number of fused-ring (bicyclic) bond motifs is 5. The van der Waals surface area contributed by atoms with E-state index in [0.717, 1.165) is 25.9 Å². The smallest absolute Gasteiger partial charge is 0.226 e.